The zero-order chi connectivity index (χ0) is 22.7. The van der Waals surface area contributed by atoms with E-state index in [2.05, 4.69) is 47.8 Å². The van der Waals surface area contributed by atoms with Gasteiger partial charge in [0, 0.05) is 24.7 Å². The Hall–Kier alpha value is -2.63. The Balaban J connectivity index is 1.35. The molecule has 1 N–H and O–H groups in total. The molecule has 2 aromatic rings. The Morgan fingerprint density at radius 3 is 2.25 bits per heavy atom. The van der Waals surface area contributed by atoms with Gasteiger partial charge in [-0.1, -0.05) is 20.8 Å². The molecular weight excluding hydrogens is 402 g/mol. The lowest BCUT2D eigenvalue weighted by Gasteiger charge is -2.36. The summed E-state index contributed by atoms with van der Waals surface area (Å²) in [6.07, 6.45) is 7.91. The largest absolute Gasteiger partial charge is 0.490 e. The van der Waals surface area contributed by atoms with E-state index in [1.54, 1.807) is 6.33 Å². The lowest BCUT2D eigenvalue weighted by atomic mass is 9.72. The first kappa shape index (κ1) is 22.6. The molecule has 0 atom stereocenters. The van der Waals surface area contributed by atoms with Crippen LogP contribution in [0.2, 0.25) is 0 Å². The van der Waals surface area contributed by atoms with Gasteiger partial charge in [-0.25, -0.2) is 9.97 Å². The second-order valence-corrected chi connectivity index (χ2v) is 10.3. The van der Waals surface area contributed by atoms with Crippen molar-refractivity contribution in [2.75, 3.05) is 18.0 Å². The van der Waals surface area contributed by atoms with Gasteiger partial charge < -0.3 is 14.7 Å². The third-order valence-electron chi connectivity index (χ3n) is 7.17. The van der Waals surface area contributed by atoms with Gasteiger partial charge in [-0.2, -0.15) is 0 Å². The Morgan fingerprint density at radius 2 is 1.66 bits per heavy atom. The average Bonchev–Trinajstić information content (AvgIpc) is 2.79. The SMILES string of the molecule is CC(C)(C)[C@H]1CC[C@H](Oc2ccc(-c3cc(N4CCC(C(=O)O)CC4)ncn3)cc2)CC1. The van der Waals surface area contributed by atoms with Gasteiger partial charge in [0.2, 0.25) is 0 Å². The molecule has 0 amide bonds. The van der Waals surface area contributed by atoms with Gasteiger partial charge in [0.15, 0.2) is 0 Å². The molecular formula is C26H35N3O3. The number of ether oxygens (including phenoxy) is 1. The van der Waals surface area contributed by atoms with Crippen LogP contribution < -0.4 is 9.64 Å². The van der Waals surface area contributed by atoms with E-state index in [1.165, 1.54) is 12.8 Å². The maximum Gasteiger partial charge on any atom is 0.306 e. The van der Waals surface area contributed by atoms with Gasteiger partial charge in [0.05, 0.1) is 17.7 Å². The number of benzene rings is 1. The zero-order valence-corrected chi connectivity index (χ0v) is 19.5. The molecule has 172 valence electrons. The third kappa shape index (κ3) is 5.40. The summed E-state index contributed by atoms with van der Waals surface area (Å²) in [4.78, 5) is 22.2. The van der Waals surface area contributed by atoms with Crippen molar-refractivity contribution in [2.24, 2.45) is 17.3 Å². The molecule has 1 saturated carbocycles. The fourth-order valence-electron chi connectivity index (χ4n) is 4.98. The highest BCUT2D eigenvalue weighted by atomic mass is 16.5. The third-order valence-corrected chi connectivity index (χ3v) is 7.17. The summed E-state index contributed by atoms with van der Waals surface area (Å²) in [7, 11) is 0. The zero-order valence-electron chi connectivity index (χ0n) is 19.5. The molecule has 6 nitrogen and oxygen atoms in total. The van der Waals surface area contributed by atoms with Crippen LogP contribution in [0.25, 0.3) is 11.3 Å². The minimum absolute atomic E-state index is 0.247. The number of aromatic nitrogens is 2. The fourth-order valence-corrected chi connectivity index (χ4v) is 4.98. The summed E-state index contributed by atoms with van der Waals surface area (Å²) < 4.78 is 6.27. The Kier molecular flexibility index (Phi) is 6.68. The van der Waals surface area contributed by atoms with E-state index >= 15 is 0 Å². The Morgan fingerprint density at radius 1 is 1.00 bits per heavy atom. The van der Waals surface area contributed by atoms with Crippen LogP contribution in [-0.4, -0.2) is 40.2 Å². The summed E-state index contributed by atoms with van der Waals surface area (Å²) >= 11 is 0. The van der Waals surface area contributed by atoms with E-state index in [0.29, 0.717) is 37.5 Å². The van der Waals surface area contributed by atoms with Gasteiger partial charge in [0.1, 0.15) is 17.9 Å². The number of carboxylic acids is 1. The van der Waals surface area contributed by atoms with E-state index < -0.39 is 5.97 Å². The molecule has 2 fully saturated rings. The van der Waals surface area contributed by atoms with Crippen molar-refractivity contribution in [3.8, 4) is 17.0 Å². The number of aliphatic carboxylic acids is 1. The topological polar surface area (TPSA) is 75.5 Å². The average molecular weight is 438 g/mol. The predicted octanol–water partition coefficient (Wildman–Crippen LogP) is 5.43. The highest BCUT2D eigenvalue weighted by Crippen LogP contribution is 2.39. The molecule has 1 aromatic heterocycles. The normalized spacial score (nSPS) is 22.5. The molecule has 6 heteroatoms. The highest BCUT2D eigenvalue weighted by Gasteiger charge is 2.30. The van der Waals surface area contributed by atoms with Crippen molar-refractivity contribution in [2.45, 2.75) is 65.4 Å². The van der Waals surface area contributed by atoms with Crippen LogP contribution in [0.4, 0.5) is 5.82 Å². The first-order chi connectivity index (χ1) is 15.3. The van der Waals surface area contributed by atoms with Crippen molar-refractivity contribution >= 4 is 11.8 Å². The molecule has 32 heavy (non-hydrogen) atoms. The number of hydrogen-bond donors (Lipinski definition) is 1. The van der Waals surface area contributed by atoms with Crippen LogP contribution in [0.3, 0.4) is 0 Å². The standard InChI is InChI=1S/C26H35N3O3/c1-26(2,3)20-6-10-22(11-7-20)32-21-8-4-18(5-9-21)23-16-24(28-17-27-23)29-14-12-19(13-15-29)25(30)31/h4-5,8-9,16-17,19-20,22H,6-7,10-15H2,1-3H3,(H,30,31)/t20-,22-. The molecule has 2 heterocycles. The fraction of sp³-hybridized carbons (Fsp3) is 0.577. The maximum absolute atomic E-state index is 11.2. The van der Waals surface area contributed by atoms with Gasteiger partial charge >= 0.3 is 5.97 Å². The van der Waals surface area contributed by atoms with Crippen LogP contribution in [0.15, 0.2) is 36.7 Å². The van der Waals surface area contributed by atoms with Crippen LogP contribution in [-0.2, 0) is 4.79 Å². The molecule has 0 spiro atoms. The first-order valence-corrected chi connectivity index (χ1v) is 11.9. The van der Waals surface area contributed by atoms with E-state index in [4.69, 9.17) is 4.74 Å². The van der Waals surface area contributed by atoms with Crippen molar-refractivity contribution in [1.82, 2.24) is 9.97 Å². The Labute approximate surface area is 191 Å². The molecule has 2 aliphatic rings. The summed E-state index contributed by atoms with van der Waals surface area (Å²) in [6, 6.07) is 10.2. The van der Waals surface area contributed by atoms with Crippen molar-refractivity contribution in [3.63, 3.8) is 0 Å². The minimum atomic E-state index is -0.697. The number of hydrogen-bond acceptors (Lipinski definition) is 5. The Bertz CT molecular complexity index is 907. The highest BCUT2D eigenvalue weighted by molar-refractivity contribution is 5.70. The second kappa shape index (κ2) is 9.47. The van der Waals surface area contributed by atoms with E-state index in [1.807, 2.05) is 18.2 Å². The minimum Gasteiger partial charge on any atom is -0.490 e. The van der Waals surface area contributed by atoms with Gasteiger partial charge in [-0.3, -0.25) is 4.79 Å². The predicted molar refractivity (Wildman–Crippen MR) is 126 cm³/mol. The van der Waals surface area contributed by atoms with Crippen molar-refractivity contribution in [3.05, 3.63) is 36.7 Å². The van der Waals surface area contributed by atoms with E-state index in [0.717, 1.165) is 41.6 Å². The molecule has 1 aromatic carbocycles. The van der Waals surface area contributed by atoms with Gasteiger partial charge in [0.25, 0.3) is 0 Å². The number of carbonyl (C=O) groups is 1. The lowest BCUT2D eigenvalue weighted by Crippen LogP contribution is -2.36. The van der Waals surface area contributed by atoms with Crippen LogP contribution in [0.5, 0.6) is 5.75 Å². The molecule has 1 aliphatic carbocycles. The monoisotopic (exact) mass is 437 g/mol. The summed E-state index contributed by atoms with van der Waals surface area (Å²) in [5, 5.41) is 9.20. The van der Waals surface area contributed by atoms with Crippen LogP contribution in [0, 0.1) is 17.3 Å². The summed E-state index contributed by atoms with van der Waals surface area (Å²) in [6.45, 7) is 8.44. The van der Waals surface area contributed by atoms with Gasteiger partial charge in [-0.05, 0) is 74.1 Å². The molecule has 1 saturated heterocycles. The number of rotatable bonds is 5. The summed E-state index contributed by atoms with van der Waals surface area (Å²) in [5.41, 5.74) is 2.28. The smallest absolute Gasteiger partial charge is 0.306 e. The number of carboxylic acid groups (broad SMARTS) is 1. The molecule has 4 rings (SSSR count). The summed E-state index contributed by atoms with van der Waals surface area (Å²) in [5.74, 6) is 1.61. The number of anilines is 1. The maximum atomic E-state index is 11.2. The van der Waals surface area contributed by atoms with Crippen molar-refractivity contribution in [1.29, 1.82) is 0 Å². The molecule has 1 aliphatic heterocycles. The van der Waals surface area contributed by atoms with Gasteiger partial charge in [-0.15, -0.1) is 0 Å². The van der Waals surface area contributed by atoms with E-state index in [9.17, 15) is 9.90 Å². The molecule has 0 bridgehead atoms. The van der Waals surface area contributed by atoms with Crippen LogP contribution in [0.1, 0.15) is 59.3 Å². The van der Waals surface area contributed by atoms with Crippen molar-refractivity contribution < 1.29 is 14.6 Å². The second-order valence-electron chi connectivity index (χ2n) is 10.3. The molecule has 0 radical (unpaired) electrons. The first-order valence-electron chi connectivity index (χ1n) is 11.9. The van der Waals surface area contributed by atoms with E-state index in [-0.39, 0.29) is 5.92 Å². The quantitative estimate of drug-likeness (QED) is 0.672. The number of piperidine rings is 1. The van der Waals surface area contributed by atoms with Crippen LogP contribution >= 0.6 is 0 Å². The number of nitrogens with zero attached hydrogens (tertiary/aromatic N) is 3. The lowest BCUT2D eigenvalue weighted by molar-refractivity contribution is -0.142. The molecule has 0 unspecified atom stereocenters.